The molecule has 0 atom stereocenters. The molecule has 0 spiro atoms. The van der Waals surface area contributed by atoms with Crippen molar-refractivity contribution < 1.29 is 9.18 Å². The van der Waals surface area contributed by atoms with Crippen LogP contribution < -0.4 is 10.6 Å². The van der Waals surface area contributed by atoms with Gasteiger partial charge in [-0.2, -0.15) is 0 Å². The van der Waals surface area contributed by atoms with Gasteiger partial charge >= 0.3 is 0 Å². The van der Waals surface area contributed by atoms with E-state index in [-0.39, 0.29) is 11.7 Å². The van der Waals surface area contributed by atoms with Gasteiger partial charge in [0.25, 0.3) is 0 Å². The third kappa shape index (κ3) is 4.76. The van der Waals surface area contributed by atoms with Crippen molar-refractivity contribution in [2.75, 3.05) is 11.9 Å². The number of benzene rings is 2. The van der Waals surface area contributed by atoms with E-state index >= 15 is 0 Å². The third-order valence-electron chi connectivity index (χ3n) is 4.17. The average molecular weight is 357 g/mol. The minimum atomic E-state index is -0.312. The van der Waals surface area contributed by atoms with Gasteiger partial charge in [0, 0.05) is 31.7 Å². The van der Waals surface area contributed by atoms with Crippen LogP contribution >= 0.6 is 12.2 Å². The number of carbonyl (C=O) groups is 1. The van der Waals surface area contributed by atoms with E-state index in [0.29, 0.717) is 30.3 Å². The number of amides is 1. The fraction of sp³-hybridized carbons (Fsp3) is 0.263. The van der Waals surface area contributed by atoms with Gasteiger partial charge in [-0.15, -0.1) is 0 Å². The zero-order chi connectivity index (χ0) is 17.6. The Kier molecular flexibility index (Phi) is 5.60. The van der Waals surface area contributed by atoms with E-state index in [9.17, 15) is 9.18 Å². The Labute approximate surface area is 152 Å². The van der Waals surface area contributed by atoms with E-state index in [1.165, 1.54) is 12.1 Å². The number of halogens is 1. The predicted molar refractivity (Wildman–Crippen MR) is 101 cm³/mol. The first-order valence-electron chi connectivity index (χ1n) is 8.27. The lowest BCUT2D eigenvalue weighted by atomic mass is 10.1. The van der Waals surface area contributed by atoms with E-state index in [1.54, 1.807) is 12.1 Å². The molecule has 4 nitrogen and oxygen atoms in total. The van der Waals surface area contributed by atoms with Crippen molar-refractivity contribution in [1.82, 2.24) is 10.2 Å². The Bertz CT molecular complexity index is 781. The van der Waals surface area contributed by atoms with Gasteiger partial charge in [0.15, 0.2) is 5.11 Å². The third-order valence-corrected chi connectivity index (χ3v) is 4.42. The molecule has 1 heterocycles. The molecule has 1 amide bonds. The second-order valence-electron chi connectivity index (χ2n) is 6.01. The van der Waals surface area contributed by atoms with Gasteiger partial charge in [0.05, 0.1) is 0 Å². The molecule has 6 heteroatoms. The number of carbonyl (C=O) groups excluding carboxylic acids is 1. The molecule has 1 aliphatic rings. The molecule has 3 rings (SSSR count). The maximum atomic E-state index is 13.2. The highest BCUT2D eigenvalue weighted by atomic mass is 32.1. The molecule has 0 aromatic heterocycles. The summed E-state index contributed by atoms with van der Waals surface area (Å²) in [6, 6.07) is 14.2. The first-order chi connectivity index (χ1) is 12.1. The fourth-order valence-corrected chi connectivity index (χ4v) is 3.07. The van der Waals surface area contributed by atoms with Crippen LogP contribution in [-0.4, -0.2) is 22.5 Å². The Morgan fingerprint density at radius 3 is 2.68 bits per heavy atom. The smallest absolute Gasteiger partial charge is 0.222 e. The van der Waals surface area contributed by atoms with Crippen molar-refractivity contribution in [3.63, 3.8) is 0 Å². The second-order valence-corrected chi connectivity index (χ2v) is 6.41. The fourth-order valence-electron chi connectivity index (χ4n) is 2.88. The molecular formula is C19H20FN3OS. The van der Waals surface area contributed by atoms with Crippen LogP contribution in [0, 0.1) is 5.82 Å². The highest BCUT2D eigenvalue weighted by Crippen LogP contribution is 2.17. The molecule has 0 radical (unpaired) electrons. The standard InChI is InChI=1S/C19H20FN3OS/c20-16-7-3-8-17(11-16)22-19(25)21-12-14-5-1-2-6-15(14)13-23-10-4-9-18(23)24/h1-3,5-8,11H,4,9-10,12-13H2,(H2,21,22,25). The predicted octanol–water partition coefficient (Wildman–Crippen LogP) is 3.43. The first kappa shape index (κ1) is 17.4. The topological polar surface area (TPSA) is 44.4 Å². The number of hydrogen-bond donors (Lipinski definition) is 2. The Morgan fingerprint density at radius 1 is 1.16 bits per heavy atom. The molecule has 1 aliphatic heterocycles. The van der Waals surface area contributed by atoms with Crippen molar-refractivity contribution in [3.8, 4) is 0 Å². The van der Waals surface area contributed by atoms with Crippen molar-refractivity contribution in [1.29, 1.82) is 0 Å². The molecular weight excluding hydrogens is 337 g/mol. The highest BCUT2D eigenvalue weighted by Gasteiger charge is 2.20. The lowest BCUT2D eigenvalue weighted by molar-refractivity contribution is -0.128. The van der Waals surface area contributed by atoms with E-state index in [1.807, 2.05) is 29.2 Å². The van der Waals surface area contributed by atoms with Crippen molar-refractivity contribution >= 4 is 28.9 Å². The van der Waals surface area contributed by atoms with Gasteiger partial charge in [-0.1, -0.05) is 30.3 Å². The van der Waals surface area contributed by atoms with Gasteiger partial charge in [-0.3, -0.25) is 4.79 Å². The maximum absolute atomic E-state index is 13.2. The van der Waals surface area contributed by atoms with E-state index < -0.39 is 0 Å². The molecule has 0 aliphatic carbocycles. The summed E-state index contributed by atoms with van der Waals surface area (Å²) >= 11 is 5.27. The van der Waals surface area contributed by atoms with Crippen LogP contribution in [0.5, 0.6) is 0 Å². The Morgan fingerprint density at radius 2 is 1.96 bits per heavy atom. The van der Waals surface area contributed by atoms with Gasteiger partial charge in [-0.25, -0.2) is 4.39 Å². The van der Waals surface area contributed by atoms with Crippen molar-refractivity contribution in [2.45, 2.75) is 25.9 Å². The number of anilines is 1. The van der Waals surface area contributed by atoms with Crippen LogP contribution in [0.3, 0.4) is 0 Å². The number of nitrogens with zero attached hydrogens (tertiary/aromatic N) is 1. The van der Waals surface area contributed by atoms with Crippen LogP contribution in [0.4, 0.5) is 10.1 Å². The zero-order valence-electron chi connectivity index (χ0n) is 13.8. The number of thiocarbonyl (C=S) groups is 1. The largest absolute Gasteiger partial charge is 0.358 e. The quantitative estimate of drug-likeness (QED) is 0.805. The summed E-state index contributed by atoms with van der Waals surface area (Å²) in [7, 11) is 0. The molecule has 0 bridgehead atoms. The van der Waals surface area contributed by atoms with E-state index in [0.717, 1.165) is 24.1 Å². The van der Waals surface area contributed by atoms with Gasteiger partial charge in [0.2, 0.25) is 5.91 Å². The molecule has 1 fully saturated rings. The molecule has 0 saturated carbocycles. The van der Waals surface area contributed by atoms with Crippen LogP contribution in [0.1, 0.15) is 24.0 Å². The zero-order valence-corrected chi connectivity index (χ0v) is 14.6. The Hall–Kier alpha value is -2.47. The van der Waals surface area contributed by atoms with Crippen LogP contribution in [-0.2, 0) is 17.9 Å². The summed E-state index contributed by atoms with van der Waals surface area (Å²) in [5, 5.41) is 6.53. The summed E-state index contributed by atoms with van der Waals surface area (Å²) in [6.45, 7) is 1.99. The summed E-state index contributed by atoms with van der Waals surface area (Å²) in [5.74, 6) is -0.0977. The minimum absolute atomic E-state index is 0.214. The molecule has 1 saturated heterocycles. The molecule has 0 unspecified atom stereocenters. The number of likely N-dealkylation sites (tertiary alicyclic amines) is 1. The van der Waals surface area contributed by atoms with E-state index in [2.05, 4.69) is 10.6 Å². The Balaban J connectivity index is 1.59. The second kappa shape index (κ2) is 8.07. The van der Waals surface area contributed by atoms with Gasteiger partial charge < -0.3 is 15.5 Å². The lowest BCUT2D eigenvalue weighted by Gasteiger charge is -2.19. The average Bonchev–Trinajstić information content (AvgIpc) is 2.99. The molecule has 2 N–H and O–H groups in total. The van der Waals surface area contributed by atoms with Crippen LogP contribution in [0.25, 0.3) is 0 Å². The van der Waals surface area contributed by atoms with Crippen LogP contribution in [0.2, 0.25) is 0 Å². The van der Waals surface area contributed by atoms with Crippen LogP contribution in [0.15, 0.2) is 48.5 Å². The summed E-state index contributed by atoms with van der Waals surface area (Å²) in [4.78, 5) is 13.7. The molecule has 130 valence electrons. The maximum Gasteiger partial charge on any atom is 0.222 e. The van der Waals surface area contributed by atoms with Gasteiger partial charge in [-0.05, 0) is 48.0 Å². The molecule has 2 aromatic rings. The monoisotopic (exact) mass is 357 g/mol. The summed E-state index contributed by atoms with van der Waals surface area (Å²) in [5.41, 5.74) is 2.80. The van der Waals surface area contributed by atoms with Crippen molar-refractivity contribution in [3.05, 3.63) is 65.5 Å². The summed E-state index contributed by atoms with van der Waals surface area (Å²) < 4.78 is 13.2. The minimum Gasteiger partial charge on any atom is -0.358 e. The molecule has 25 heavy (non-hydrogen) atoms. The number of nitrogens with one attached hydrogen (secondary N) is 2. The normalized spacial score (nSPS) is 13.8. The van der Waals surface area contributed by atoms with Crippen molar-refractivity contribution in [2.24, 2.45) is 0 Å². The molecule has 2 aromatic carbocycles. The van der Waals surface area contributed by atoms with Gasteiger partial charge in [0.1, 0.15) is 5.82 Å². The highest BCUT2D eigenvalue weighted by molar-refractivity contribution is 7.80. The number of rotatable bonds is 5. The summed E-state index contributed by atoms with van der Waals surface area (Å²) in [6.07, 6.45) is 1.57. The SMILES string of the molecule is O=C1CCCN1Cc1ccccc1CNC(=S)Nc1cccc(F)c1. The lowest BCUT2D eigenvalue weighted by Crippen LogP contribution is -2.29. The van der Waals surface area contributed by atoms with E-state index in [4.69, 9.17) is 12.2 Å². The number of hydrogen-bond acceptors (Lipinski definition) is 2. The first-order valence-corrected chi connectivity index (χ1v) is 8.67.